The Kier molecular flexibility index (Phi) is 5.44. The zero-order chi connectivity index (χ0) is 10.4. The maximum absolute atomic E-state index is 4.26. The largest absolute Gasteiger partial charge is 0.361 e. The lowest BCUT2D eigenvalue weighted by Crippen LogP contribution is -2.14. The first-order valence-corrected chi connectivity index (χ1v) is 6.35. The average Bonchev–Trinajstić information content (AvgIpc) is 2.50. The number of nitrogens with zero attached hydrogens (tertiary/aromatic N) is 2. The molecule has 1 rings (SSSR count). The first-order valence-electron chi connectivity index (χ1n) is 4.68. The van der Waals surface area contributed by atoms with Crippen molar-refractivity contribution in [3.63, 3.8) is 0 Å². The number of anilines is 1. The lowest BCUT2D eigenvalue weighted by molar-refractivity contribution is 0.396. The smallest absolute Gasteiger partial charge is 0.183 e. The van der Waals surface area contributed by atoms with Crippen molar-refractivity contribution in [2.24, 2.45) is 0 Å². The monoisotopic (exact) mass is 277 g/mol. The van der Waals surface area contributed by atoms with Crippen LogP contribution >= 0.6 is 27.3 Å². The Bertz CT molecular complexity index is 262. The molecule has 0 atom stereocenters. The molecule has 1 aromatic heterocycles. The highest BCUT2D eigenvalue weighted by Gasteiger charge is 1.97. The van der Waals surface area contributed by atoms with E-state index in [1.54, 1.807) is 11.3 Å². The van der Waals surface area contributed by atoms with Crippen LogP contribution in [0, 0.1) is 0 Å². The molecule has 0 aliphatic heterocycles. The van der Waals surface area contributed by atoms with Crippen LogP contribution in [0.3, 0.4) is 0 Å². The van der Waals surface area contributed by atoms with E-state index in [-0.39, 0.29) is 0 Å². The highest BCUT2D eigenvalue weighted by molar-refractivity contribution is 9.10. The van der Waals surface area contributed by atoms with E-state index in [0.29, 0.717) is 0 Å². The highest BCUT2D eigenvalue weighted by atomic mass is 79.9. The summed E-state index contributed by atoms with van der Waals surface area (Å²) < 4.78 is 0.915. The van der Waals surface area contributed by atoms with Crippen molar-refractivity contribution >= 4 is 32.4 Å². The summed E-state index contributed by atoms with van der Waals surface area (Å²) in [6, 6.07) is 0. The van der Waals surface area contributed by atoms with Crippen molar-refractivity contribution in [2.45, 2.75) is 12.8 Å². The van der Waals surface area contributed by atoms with Crippen LogP contribution in [0.5, 0.6) is 0 Å². The third kappa shape index (κ3) is 4.93. The SMILES string of the molecule is CN(C)CCCCNc1nc(Br)cs1. The van der Waals surface area contributed by atoms with Crippen molar-refractivity contribution in [1.82, 2.24) is 9.88 Å². The Morgan fingerprint density at radius 2 is 2.29 bits per heavy atom. The molecule has 0 saturated carbocycles. The maximum Gasteiger partial charge on any atom is 0.183 e. The molecule has 0 fully saturated rings. The van der Waals surface area contributed by atoms with Gasteiger partial charge in [0.15, 0.2) is 5.13 Å². The normalized spacial score (nSPS) is 10.9. The first kappa shape index (κ1) is 11.9. The van der Waals surface area contributed by atoms with Gasteiger partial charge in [-0.2, -0.15) is 0 Å². The van der Waals surface area contributed by atoms with Gasteiger partial charge in [-0.3, -0.25) is 0 Å². The Balaban J connectivity index is 2.04. The second-order valence-electron chi connectivity index (χ2n) is 3.41. The summed E-state index contributed by atoms with van der Waals surface area (Å²) in [4.78, 5) is 6.47. The molecule has 0 unspecified atom stereocenters. The van der Waals surface area contributed by atoms with Crippen LogP contribution in [0.1, 0.15) is 12.8 Å². The van der Waals surface area contributed by atoms with Crippen LogP contribution in [0.15, 0.2) is 9.98 Å². The minimum absolute atomic E-state index is 0.915. The number of hydrogen-bond donors (Lipinski definition) is 1. The number of thiazole rings is 1. The molecule has 0 bridgehead atoms. The number of aromatic nitrogens is 1. The Morgan fingerprint density at radius 1 is 1.50 bits per heavy atom. The minimum atomic E-state index is 0.915. The molecule has 0 amide bonds. The topological polar surface area (TPSA) is 28.2 Å². The quantitative estimate of drug-likeness (QED) is 0.811. The van der Waals surface area contributed by atoms with Crippen LogP contribution in [0.4, 0.5) is 5.13 Å². The summed E-state index contributed by atoms with van der Waals surface area (Å²) in [5.74, 6) is 0. The van der Waals surface area contributed by atoms with Crippen molar-refractivity contribution in [2.75, 3.05) is 32.5 Å². The van der Waals surface area contributed by atoms with Crippen LogP contribution in [0.2, 0.25) is 0 Å². The molecule has 0 saturated heterocycles. The van der Waals surface area contributed by atoms with Gasteiger partial charge in [0, 0.05) is 11.9 Å². The van der Waals surface area contributed by atoms with Crippen LogP contribution in [0.25, 0.3) is 0 Å². The Labute approximate surface area is 97.7 Å². The number of unbranched alkanes of at least 4 members (excludes halogenated alkanes) is 1. The van der Waals surface area contributed by atoms with E-state index in [9.17, 15) is 0 Å². The average molecular weight is 278 g/mol. The molecule has 80 valence electrons. The molecule has 0 aliphatic rings. The van der Waals surface area contributed by atoms with Gasteiger partial charge in [0.25, 0.3) is 0 Å². The zero-order valence-corrected chi connectivity index (χ0v) is 11.0. The summed E-state index contributed by atoms with van der Waals surface area (Å²) in [7, 11) is 4.21. The van der Waals surface area contributed by atoms with Gasteiger partial charge in [0.05, 0.1) is 0 Å². The third-order valence-corrected chi connectivity index (χ3v) is 3.29. The van der Waals surface area contributed by atoms with Gasteiger partial charge in [-0.25, -0.2) is 4.98 Å². The highest BCUT2D eigenvalue weighted by Crippen LogP contribution is 2.19. The molecule has 1 aromatic rings. The van der Waals surface area contributed by atoms with E-state index >= 15 is 0 Å². The van der Waals surface area contributed by atoms with Gasteiger partial charge >= 0.3 is 0 Å². The molecule has 3 nitrogen and oxygen atoms in total. The summed E-state index contributed by atoms with van der Waals surface area (Å²) in [5.41, 5.74) is 0. The Morgan fingerprint density at radius 3 is 2.86 bits per heavy atom. The van der Waals surface area contributed by atoms with E-state index in [0.717, 1.165) is 22.8 Å². The Hall–Kier alpha value is -0.130. The van der Waals surface area contributed by atoms with Gasteiger partial charge in [-0.15, -0.1) is 11.3 Å². The van der Waals surface area contributed by atoms with Gasteiger partial charge < -0.3 is 10.2 Å². The fourth-order valence-corrected chi connectivity index (χ4v) is 2.26. The lowest BCUT2D eigenvalue weighted by atomic mass is 10.3. The van der Waals surface area contributed by atoms with Crippen LogP contribution in [-0.4, -0.2) is 37.1 Å². The molecule has 1 N–H and O–H groups in total. The van der Waals surface area contributed by atoms with Gasteiger partial charge in [0.1, 0.15) is 4.60 Å². The molecule has 0 aromatic carbocycles. The fourth-order valence-electron chi connectivity index (χ4n) is 1.08. The molecule has 5 heteroatoms. The summed E-state index contributed by atoms with van der Waals surface area (Å²) >= 11 is 4.96. The summed E-state index contributed by atoms with van der Waals surface area (Å²) in [5, 5.41) is 6.29. The zero-order valence-electron chi connectivity index (χ0n) is 8.59. The van der Waals surface area contributed by atoms with Crippen molar-refractivity contribution < 1.29 is 0 Å². The van der Waals surface area contributed by atoms with E-state index < -0.39 is 0 Å². The minimum Gasteiger partial charge on any atom is -0.361 e. The summed E-state index contributed by atoms with van der Waals surface area (Å²) in [6.07, 6.45) is 2.42. The third-order valence-electron chi connectivity index (χ3n) is 1.78. The van der Waals surface area contributed by atoms with Crippen molar-refractivity contribution in [3.05, 3.63) is 9.98 Å². The standard InChI is InChI=1S/C9H16BrN3S/c1-13(2)6-4-3-5-11-9-12-8(10)7-14-9/h7H,3-6H2,1-2H3,(H,11,12). The molecule has 0 aliphatic carbocycles. The number of halogens is 1. The molecule has 1 heterocycles. The first-order chi connectivity index (χ1) is 6.68. The van der Waals surface area contributed by atoms with Gasteiger partial charge in [-0.1, -0.05) is 0 Å². The molecular weight excluding hydrogens is 262 g/mol. The van der Waals surface area contributed by atoms with Crippen molar-refractivity contribution in [1.29, 1.82) is 0 Å². The van der Waals surface area contributed by atoms with Crippen molar-refractivity contribution in [3.8, 4) is 0 Å². The van der Waals surface area contributed by atoms with Crippen LogP contribution in [-0.2, 0) is 0 Å². The molecule has 0 spiro atoms. The van der Waals surface area contributed by atoms with E-state index in [1.807, 2.05) is 5.38 Å². The number of hydrogen-bond acceptors (Lipinski definition) is 4. The summed E-state index contributed by atoms with van der Waals surface area (Å²) in [6.45, 7) is 2.16. The fraction of sp³-hybridized carbons (Fsp3) is 0.667. The predicted molar refractivity (Wildman–Crippen MR) is 66.1 cm³/mol. The molecule has 14 heavy (non-hydrogen) atoms. The van der Waals surface area contributed by atoms with E-state index in [4.69, 9.17) is 0 Å². The number of rotatable bonds is 6. The van der Waals surface area contributed by atoms with Crippen LogP contribution < -0.4 is 5.32 Å². The molecular formula is C9H16BrN3S. The second kappa shape index (κ2) is 6.37. The maximum atomic E-state index is 4.26. The number of nitrogens with one attached hydrogen (secondary N) is 1. The second-order valence-corrected chi connectivity index (χ2v) is 5.08. The van der Waals surface area contributed by atoms with Gasteiger partial charge in [0.2, 0.25) is 0 Å². The molecule has 0 radical (unpaired) electrons. The van der Waals surface area contributed by atoms with E-state index in [1.165, 1.54) is 12.8 Å². The van der Waals surface area contributed by atoms with E-state index in [2.05, 4.69) is 45.2 Å². The van der Waals surface area contributed by atoms with Gasteiger partial charge in [-0.05, 0) is 49.4 Å². The predicted octanol–water partition coefficient (Wildman–Crippen LogP) is 2.66. The lowest BCUT2D eigenvalue weighted by Gasteiger charge is -2.08.